The SMILES string of the molecule is C[C@H]1COCCN1c1cc(C2(S(=O)(=O)CCC(C)(C)O)CC2)nc(-c2ccc(NC(=O)NCCF)cc2)n1. The number of carbonyl (C=O) groups is 1. The summed E-state index contributed by atoms with van der Waals surface area (Å²) in [4.78, 5) is 23.5. The molecule has 2 amide bonds. The molecule has 12 heteroatoms. The van der Waals surface area contributed by atoms with Crippen LogP contribution in [0.5, 0.6) is 0 Å². The van der Waals surface area contributed by atoms with Gasteiger partial charge in [-0.05, 0) is 64.3 Å². The molecule has 2 fully saturated rings. The summed E-state index contributed by atoms with van der Waals surface area (Å²) in [6.07, 6.45) is 1.06. The topological polar surface area (TPSA) is 134 Å². The highest BCUT2D eigenvalue weighted by atomic mass is 32.2. The highest BCUT2D eigenvalue weighted by molar-refractivity contribution is 7.92. The number of sulfone groups is 1. The van der Waals surface area contributed by atoms with Gasteiger partial charge in [-0.15, -0.1) is 0 Å². The number of aliphatic hydroxyl groups is 1. The van der Waals surface area contributed by atoms with E-state index >= 15 is 0 Å². The van der Waals surface area contributed by atoms with Crippen LogP contribution in [-0.2, 0) is 19.3 Å². The van der Waals surface area contributed by atoms with Gasteiger partial charge < -0.3 is 25.4 Å². The molecule has 0 spiro atoms. The van der Waals surface area contributed by atoms with Crippen molar-refractivity contribution < 1.29 is 27.4 Å². The van der Waals surface area contributed by atoms with Crippen molar-refractivity contribution in [1.82, 2.24) is 15.3 Å². The molecule has 1 aromatic carbocycles. The van der Waals surface area contributed by atoms with Crippen molar-refractivity contribution >= 4 is 27.4 Å². The Bertz CT molecular complexity index is 1250. The molecule has 1 saturated carbocycles. The quantitative estimate of drug-likeness (QED) is 0.412. The van der Waals surface area contributed by atoms with Gasteiger partial charge in [-0.3, -0.25) is 0 Å². The Morgan fingerprint density at radius 1 is 1.26 bits per heavy atom. The molecule has 10 nitrogen and oxygen atoms in total. The zero-order valence-corrected chi connectivity index (χ0v) is 22.9. The van der Waals surface area contributed by atoms with Crippen LogP contribution >= 0.6 is 0 Å². The predicted octanol–water partition coefficient (Wildman–Crippen LogP) is 3.02. The maximum Gasteiger partial charge on any atom is 0.319 e. The second kappa shape index (κ2) is 11.1. The number of alkyl halides is 1. The number of rotatable bonds is 10. The summed E-state index contributed by atoms with van der Waals surface area (Å²) in [5.41, 5.74) is 0.539. The Morgan fingerprint density at radius 3 is 2.58 bits per heavy atom. The molecule has 0 bridgehead atoms. The van der Waals surface area contributed by atoms with E-state index in [-0.39, 0.29) is 24.8 Å². The van der Waals surface area contributed by atoms with E-state index < -0.39 is 32.9 Å². The van der Waals surface area contributed by atoms with Gasteiger partial charge in [0.2, 0.25) is 0 Å². The minimum atomic E-state index is -3.60. The van der Waals surface area contributed by atoms with Gasteiger partial charge in [0.05, 0.1) is 36.3 Å². The molecule has 0 unspecified atom stereocenters. The van der Waals surface area contributed by atoms with Crippen molar-refractivity contribution in [2.24, 2.45) is 0 Å². The lowest BCUT2D eigenvalue weighted by molar-refractivity contribution is 0.0771. The Kier molecular flexibility index (Phi) is 8.24. The Labute approximate surface area is 222 Å². The van der Waals surface area contributed by atoms with Crippen LogP contribution in [0.1, 0.15) is 45.7 Å². The lowest BCUT2D eigenvalue weighted by Gasteiger charge is -2.35. The summed E-state index contributed by atoms with van der Waals surface area (Å²) >= 11 is 0. The van der Waals surface area contributed by atoms with Crippen molar-refractivity contribution in [3.63, 3.8) is 0 Å². The van der Waals surface area contributed by atoms with E-state index in [0.717, 1.165) is 0 Å². The van der Waals surface area contributed by atoms with E-state index in [1.165, 1.54) is 0 Å². The molecule has 2 aliphatic rings. The van der Waals surface area contributed by atoms with E-state index in [4.69, 9.17) is 14.7 Å². The molecule has 1 saturated heterocycles. The molecule has 2 aromatic rings. The summed E-state index contributed by atoms with van der Waals surface area (Å²) in [6, 6.07) is 8.19. The first-order chi connectivity index (χ1) is 17.9. The molecular weight excluding hydrogens is 513 g/mol. The number of carbonyl (C=O) groups excluding carboxylic acids is 1. The van der Waals surface area contributed by atoms with Crippen LogP contribution in [0.2, 0.25) is 0 Å². The van der Waals surface area contributed by atoms with Crippen molar-refractivity contribution in [1.29, 1.82) is 0 Å². The average Bonchev–Trinajstić information content (AvgIpc) is 3.69. The van der Waals surface area contributed by atoms with Gasteiger partial charge in [0.15, 0.2) is 15.7 Å². The average molecular weight is 550 g/mol. The van der Waals surface area contributed by atoms with Gasteiger partial charge in [0, 0.05) is 30.4 Å². The van der Waals surface area contributed by atoms with E-state index in [0.29, 0.717) is 61.2 Å². The number of ether oxygens (including phenoxy) is 1. The van der Waals surface area contributed by atoms with Crippen LogP contribution in [0.3, 0.4) is 0 Å². The number of benzene rings is 1. The molecule has 1 aromatic heterocycles. The third kappa shape index (κ3) is 6.41. The number of nitrogens with zero attached hydrogens (tertiary/aromatic N) is 3. The summed E-state index contributed by atoms with van der Waals surface area (Å²) in [7, 11) is -3.60. The fraction of sp³-hybridized carbons (Fsp3) is 0.577. The van der Waals surface area contributed by atoms with Crippen LogP contribution in [0, 0.1) is 0 Å². The van der Waals surface area contributed by atoms with E-state index in [2.05, 4.69) is 15.5 Å². The van der Waals surface area contributed by atoms with Crippen molar-refractivity contribution in [3.8, 4) is 11.4 Å². The zero-order chi connectivity index (χ0) is 27.6. The summed E-state index contributed by atoms with van der Waals surface area (Å²) in [5.74, 6) is 0.885. The second-order valence-electron chi connectivity index (χ2n) is 10.6. The van der Waals surface area contributed by atoms with Gasteiger partial charge in [0.1, 0.15) is 17.2 Å². The van der Waals surface area contributed by atoms with E-state index in [9.17, 15) is 22.7 Å². The van der Waals surface area contributed by atoms with Gasteiger partial charge in [-0.1, -0.05) is 0 Å². The fourth-order valence-electron chi connectivity index (χ4n) is 4.47. The Balaban J connectivity index is 1.69. The van der Waals surface area contributed by atoms with Crippen LogP contribution in [0.25, 0.3) is 11.4 Å². The number of urea groups is 1. The number of hydrogen-bond acceptors (Lipinski definition) is 8. The highest BCUT2D eigenvalue weighted by Gasteiger charge is 2.57. The monoisotopic (exact) mass is 549 g/mol. The van der Waals surface area contributed by atoms with E-state index in [1.54, 1.807) is 44.2 Å². The molecule has 208 valence electrons. The standard InChI is InChI=1S/C26H36FN5O5S/c1-18-17-37-14-13-32(18)22-16-21(26(8-9-26)38(35,36)15-10-25(2,3)34)30-23(31-22)19-4-6-20(7-5-19)29-24(33)28-12-11-27/h4-7,16,18,34H,8-15,17H2,1-3H3,(H2,28,29,33)/t18-/m0/s1. The number of hydrogen-bond donors (Lipinski definition) is 3. The van der Waals surface area contributed by atoms with Gasteiger partial charge in [-0.25, -0.2) is 27.6 Å². The maximum absolute atomic E-state index is 13.5. The summed E-state index contributed by atoms with van der Waals surface area (Å²) in [5, 5.41) is 15.2. The minimum Gasteiger partial charge on any atom is -0.390 e. The minimum absolute atomic E-state index is 0.0516. The number of aromatic nitrogens is 2. The number of halogens is 1. The molecule has 1 aliphatic carbocycles. The van der Waals surface area contributed by atoms with Gasteiger partial charge >= 0.3 is 6.03 Å². The maximum atomic E-state index is 13.5. The van der Waals surface area contributed by atoms with Crippen LogP contribution < -0.4 is 15.5 Å². The molecule has 4 rings (SSSR count). The van der Waals surface area contributed by atoms with Crippen LogP contribution in [0.15, 0.2) is 30.3 Å². The first kappa shape index (κ1) is 28.2. The third-order valence-corrected chi connectivity index (χ3v) is 9.45. The lowest BCUT2D eigenvalue weighted by atomic mass is 10.1. The summed E-state index contributed by atoms with van der Waals surface area (Å²) < 4.78 is 43.8. The Hall–Kier alpha value is -2.83. The molecule has 1 aliphatic heterocycles. The summed E-state index contributed by atoms with van der Waals surface area (Å²) in [6.45, 7) is 6.20. The fourth-order valence-corrected chi connectivity index (χ4v) is 6.78. The first-order valence-corrected chi connectivity index (χ1v) is 14.5. The smallest absolute Gasteiger partial charge is 0.319 e. The normalized spacial score (nSPS) is 19.2. The van der Waals surface area contributed by atoms with Gasteiger partial charge in [0.25, 0.3) is 0 Å². The first-order valence-electron chi connectivity index (χ1n) is 12.8. The number of amides is 2. The lowest BCUT2D eigenvalue weighted by Crippen LogP contribution is -2.44. The van der Waals surface area contributed by atoms with E-state index in [1.807, 2.05) is 6.92 Å². The van der Waals surface area contributed by atoms with Crippen molar-refractivity contribution in [2.45, 2.75) is 56.4 Å². The molecule has 38 heavy (non-hydrogen) atoms. The number of nitrogens with one attached hydrogen (secondary N) is 2. The van der Waals surface area contributed by atoms with Crippen LogP contribution in [-0.4, -0.2) is 79.9 Å². The molecule has 3 N–H and O–H groups in total. The Morgan fingerprint density at radius 2 is 1.97 bits per heavy atom. The highest BCUT2D eigenvalue weighted by Crippen LogP contribution is 2.53. The third-order valence-electron chi connectivity index (χ3n) is 6.90. The zero-order valence-electron chi connectivity index (χ0n) is 22.0. The molecular formula is C26H36FN5O5S. The van der Waals surface area contributed by atoms with Crippen LogP contribution in [0.4, 0.5) is 20.7 Å². The molecule has 0 radical (unpaired) electrons. The number of morpholine rings is 1. The largest absolute Gasteiger partial charge is 0.390 e. The molecule has 2 heterocycles. The second-order valence-corrected chi connectivity index (χ2v) is 13.0. The van der Waals surface area contributed by atoms with Crippen molar-refractivity contribution in [3.05, 3.63) is 36.0 Å². The number of anilines is 2. The predicted molar refractivity (Wildman–Crippen MR) is 144 cm³/mol. The van der Waals surface area contributed by atoms with Gasteiger partial charge in [-0.2, -0.15) is 0 Å². The molecule has 1 atom stereocenters. The van der Waals surface area contributed by atoms with Crippen molar-refractivity contribution in [2.75, 3.05) is 48.9 Å².